The lowest BCUT2D eigenvalue weighted by Gasteiger charge is -2.36. The van der Waals surface area contributed by atoms with Crippen LogP contribution in [0.15, 0.2) is 39.5 Å². The van der Waals surface area contributed by atoms with Crippen LogP contribution in [0.1, 0.15) is 47.5 Å². The van der Waals surface area contributed by atoms with E-state index in [4.69, 9.17) is 4.42 Å². The number of carbonyl (C=O) groups is 1. The van der Waals surface area contributed by atoms with Crippen molar-refractivity contribution in [3.63, 3.8) is 0 Å². The van der Waals surface area contributed by atoms with Crippen molar-refractivity contribution in [2.75, 3.05) is 31.1 Å². The van der Waals surface area contributed by atoms with Crippen LogP contribution in [0.4, 0.5) is 5.69 Å². The number of para-hydroxylation sites is 1. The molecule has 0 unspecified atom stereocenters. The van der Waals surface area contributed by atoms with Crippen LogP contribution < -0.4 is 10.5 Å². The number of hydrogen-bond donors (Lipinski definition) is 0. The maximum absolute atomic E-state index is 13.0. The Labute approximate surface area is 171 Å². The average Bonchev–Trinajstić information content (AvgIpc) is 2.71. The quantitative estimate of drug-likeness (QED) is 0.778. The summed E-state index contributed by atoms with van der Waals surface area (Å²) in [6, 6.07) is 11.5. The molecule has 1 aromatic heterocycles. The second-order valence-electron chi connectivity index (χ2n) is 7.90. The largest absolute Gasteiger partial charge is 0.427 e. The van der Waals surface area contributed by atoms with Crippen LogP contribution in [0, 0.1) is 24.2 Å². The van der Waals surface area contributed by atoms with Crippen LogP contribution in [0.3, 0.4) is 0 Å². The van der Waals surface area contributed by atoms with Gasteiger partial charge in [-0.15, -0.1) is 0 Å². The summed E-state index contributed by atoms with van der Waals surface area (Å²) in [5, 5.41) is 9.30. The van der Waals surface area contributed by atoms with Crippen LogP contribution in [0.25, 0.3) is 0 Å². The summed E-state index contributed by atoms with van der Waals surface area (Å²) in [5.41, 5.74) is 1.76. The molecule has 1 amide bonds. The van der Waals surface area contributed by atoms with Crippen LogP contribution in [0.2, 0.25) is 0 Å². The lowest BCUT2D eigenvalue weighted by molar-refractivity contribution is 0.0741. The summed E-state index contributed by atoms with van der Waals surface area (Å²) in [5.74, 6) is 0.875. The van der Waals surface area contributed by atoms with E-state index in [0.29, 0.717) is 55.4 Å². The fourth-order valence-corrected chi connectivity index (χ4v) is 3.64. The molecule has 29 heavy (non-hydrogen) atoms. The molecule has 1 saturated heterocycles. The predicted molar refractivity (Wildman–Crippen MR) is 112 cm³/mol. The van der Waals surface area contributed by atoms with Gasteiger partial charge in [-0.3, -0.25) is 4.79 Å². The number of hydrogen-bond acceptors (Lipinski definition) is 5. The van der Waals surface area contributed by atoms with E-state index < -0.39 is 5.63 Å². The number of nitriles is 1. The molecule has 3 rings (SSSR count). The third-order valence-corrected chi connectivity index (χ3v) is 5.31. The van der Waals surface area contributed by atoms with Gasteiger partial charge >= 0.3 is 5.63 Å². The van der Waals surface area contributed by atoms with Crippen molar-refractivity contribution in [3.8, 4) is 6.07 Å². The molecule has 6 nitrogen and oxygen atoms in total. The zero-order valence-corrected chi connectivity index (χ0v) is 17.3. The Balaban J connectivity index is 1.71. The SMILES string of the molecule is Cc1cc(CCC(C)C)oc(=O)c1C(=O)N1CCN(c2ccccc2C#N)CC1. The second-order valence-corrected chi connectivity index (χ2v) is 7.90. The minimum absolute atomic E-state index is 0.129. The smallest absolute Gasteiger partial charge is 0.349 e. The average molecular weight is 393 g/mol. The Hall–Kier alpha value is -3.07. The highest BCUT2D eigenvalue weighted by atomic mass is 16.4. The van der Waals surface area contributed by atoms with Gasteiger partial charge in [0.05, 0.1) is 11.3 Å². The first-order chi connectivity index (χ1) is 13.9. The van der Waals surface area contributed by atoms with Gasteiger partial charge in [-0.25, -0.2) is 4.79 Å². The molecular weight excluding hydrogens is 366 g/mol. The topological polar surface area (TPSA) is 77.6 Å². The highest BCUT2D eigenvalue weighted by molar-refractivity contribution is 5.95. The summed E-state index contributed by atoms with van der Waals surface area (Å²) in [6.45, 7) is 8.25. The van der Waals surface area contributed by atoms with E-state index in [2.05, 4.69) is 24.8 Å². The lowest BCUT2D eigenvalue weighted by atomic mass is 10.0. The summed E-state index contributed by atoms with van der Waals surface area (Å²) in [4.78, 5) is 29.3. The van der Waals surface area contributed by atoms with Crippen LogP contribution >= 0.6 is 0 Å². The zero-order valence-electron chi connectivity index (χ0n) is 17.3. The van der Waals surface area contributed by atoms with Crippen molar-refractivity contribution in [3.05, 3.63) is 63.2 Å². The van der Waals surface area contributed by atoms with Gasteiger partial charge in [0, 0.05) is 32.6 Å². The van der Waals surface area contributed by atoms with E-state index in [1.54, 1.807) is 17.9 Å². The van der Waals surface area contributed by atoms with E-state index >= 15 is 0 Å². The predicted octanol–water partition coefficient (Wildman–Crippen LogP) is 3.37. The molecule has 2 aromatic rings. The number of amides is 1. The molecular formula is C23H27N3O3. The van der Waals surface area contributed by atoms with Crippen molar-refractivity contribution in [1.29, 1.82) is 5.26 Å². The number of benzene rings is 1. The molecule has 152 valence electrons. The molecule has 1 aliphatic heterocycles. The molecule has 0 radical (unpaired) electrons. The van der Waals surface area contributed by atoms with Gasteiger partial charge in [-0.1, -0.05) is 26.0 Å². The minimum atomic E-state index is -0.550. The van der Waals surface area contributed by atoms with Gasteiger partial charge in [0.1, 0.15) is 17.4 Å². The number of aryl methyl sites for hydroxylation is 2. The standard InChI is InChI=1S/C23H27N3O3/c1-16(2)8-9-19-14-17(3)21(23(28)29-19)22(27)26-12-10-25(11-13-26)20-7-5-4-6-18(20)15-24/h4-7,14,16H,8-13H2,1-3H3. The number of anilines is 1. The lowest BCUT2D eigenvalue weighted by Crippen LogP contribution is -2.49. The molecule has 6 heteroatoms. The van der Waals surface area contributed by atoms with Crippen molar-refractivity contribution in [1.82, 2.24) is 4.90 Å². The Bertz CT molecular complexity index is 980. The van der Waals surface area contributed by atoms with Crippen molar-refractivity contribution < 1.29 is 9.21 Å². The first kappa shape index (κ1) is 20.7. The van der Waals surface area contributed by atoms with E-state index in [0.717, 1.165) is 12.1 Å². The Morgan fingerprint density at radius 1 is 1.21 bits per heavy atom. The normalized spacial score (nSPS) is 14.2. The Morgan fingerprint density at radius 3 is 2.52 bits per heavy atom. The number of rotatable bonds is 5. The zero-order chi connectivity index (χ0) is 21.0. The molecule has 0 spiro atoms. The van der Waals surface area contributed by atoms with Crippen molar-refractivity contribution in [2.24, 2.45) is 5.92 Å². The first-order valence-electron chi connectivity index (χ1n) is 10.1. The molecule has 1 aliphatic rings. The van der Waals surface area contributed by atoms with Gasteiger partial charge in [0.2, 0.25) is 0 Å². The fourth-order valence-electron chi connectivity index (χ4n) is 3.64. The second kappa shape index (κ2) is 8.95. The monoisotopic (exact) mass is 393 g/mol. The first-order valence-corrected chi connectivity index (χ1v) is 10.1. The number of nitrogens with zero attached hydrogens (tertiary/aromatic N) is 3. The molecule has 0 N–H and O–H groups in total. The van der Waals surface area contributed by atoms with Gasteiger partial charge < -0.3 is 14.2 Å². The molecule has 0 saturated carbocycles. The summed E-state index contributed by atoms with van der Waals surface area (Å²) in [7, 11) is 0. The number of piperazine rings is 1. The van der Waals surface area contributed by atoms with Crippen molar-refractivity contribution >= 4 is 11.6 Å². The number of carbonyl (C=O) groups excluding carboxylic acids is 1. The summed E-state index contributed by atoms with van der Waals surface area (Å²) < 4.78 is 5.42. The maximum atomic E-state index is 13.0. The van der Waals surface area contributed by atoms with Gasteiger partial charge in [0.25, 0.3) is 5.91 Å². The third-order valence-electron chi connectivity index (χ3n) is 5.31. The summed E-state index contributed by atoms with van der Waals surface area (Å²) >= 11 is 0. The highest BCUT2D eigenvalue weighted by Gasteiger charge is 2.27. The van der Waals surface area contributed by atoms with Gasteiger partial charge in [0.15, 0.2) is 0 Å². The fraction of sp³-hybridized carbons (Fsp3) is 0.435. The summed E-state index contributed by atoms with van der Waals surface area (Å²) in [6.07, 6.45) is 1.63. The van der Waals surface area contributed by atoms with Crippen LogP contribution in [0.5, 0.6) is 0 Å². The van der Waals surface area contributed by atoms with Gasteiger partial charge in [-0.05, 0) is 43.0 Å². The van der Waals surface area contributed by atoms with E-state index in [1.807, 2.05) is 24.3 Å². The molecule has 1 fully saturated rings. The molecule has 0 atom stereocenters. The molecule has 2 heterocycles. The van der Waals surface area contributed by atoms with Crippen LogP contribution in [-0.2, 0) is 6.42 Å². The van der Waals surface area contributed by atoms with E-state index in [9.17, 15) is 14.9 Å². The minimum Gasteiger partial charge on any atom is -0.427 e. The third kappa shape index (κ3) is 4.68. The highest BCUT2D eigenvalue weighted by Crippen LogP contribution is 2.22. The van der Waals surface area contributed by atoms with Gasteiger partial charge in [-0.2, -0.15) is 5.26 Å². The maximum Gasteiger partial charge on any atom is 0.349 e. The van der Waals surface area contributed by atoms with E-state index in [-0.39, 0.29) is 11.5 Å². The van der Waals surface area contributed by atoms with E-state index in [1.165, 1.54) is 0 Å². The molecule has 0 aliphatic carbocycles. The Kier molecular flexibility index (Phi) is 6.38. The Morgan fingerprint density at radius 2 is 1.90 bits per heavy atom. The molecule has 1 aromatic carbocycles. The van der Waals surface area contributed by atoms with Crippen LogP contribution in [-0.4, -0.2) is 37.0 Å². The molecule has 0 bridgehead atoms. The van der Waals surface area contributed by atoms with Crippen molar-refractivity contribution in [2.45, 2.75) is 33.6 Å².